The summed E-state index contributed by atoms with van der Waals surface area (Å²) in [5, 5.41) is 3.21. The Balaban J connectivity index is 0.000000791. The highest BCUT2D eigenvalue weighted by atomic mass is 16.5. The average molecular weight is 201 g/mol. The fraction of sp³-hybridized carbons (Fsp3) is 0.909. The summed E-state index contributed by atoms with van der Waals surface area (Å²) < 4.78 is 4.94. The van der Waals surface area contributed by atoms with Crippen molar-refractivity contribution >= 4 is 5.97 Å². The lowest BCUT2D eigenvalue weighted by atomic mass is 10.0. The zero-order chi connectivity index (χ0) is 11.1. The Morgan fingerprint density at radius 3 is 2.36 bits per heavy atom. The molecule has 14 heavy (non-hydrogen) atoms. The lowest BCUT2D eigenvalue weighted by molar-refractivity contribution is -0.146. The van der Waals surface area contributed by atoms with E-state index in [0.717, 1.165) is 6.42 Å². The fourth-order valence-corrected chi connectivity index (χ4v) is 1.76. The largest absolute Gasteiger partial charge is 0.465 e. The number of carbonyl (C=O) groups excluding carboxylic acids is 1. The molecule has 1 aliphatic heterocycles. The van der Waals surface area contributed by atoms with E-state index >= 15 is 0 Å². The molecule has 0 aromatic rings. The van der Waals surface area contributed by atoms with Crippen molar-refractivity contribution in [3.63, 3.8) is 0 Å². The molecule has 0 spiro atoms. The number of hydrogen-bond donors (Lipinski definition) is 1. The number of carbonyl (C=O) groups is 1. The van der Waals surface area contributed by atoms with Crippen LogP contribution in [0.3, 0.4) is 0 Å². The zero-order valence-corrected chi connectivity index (χ0v) is 9.96. The molecule has 1 aliphatic rings. The minimum atomic E-state index is -0.102. The van der Waals surface area contributed by atoms with E-state index in [-0.39, 0.29) is 12.0 Å². The van der Waals surface area contributed by atoms with Gasteiger partial charge in [-0.1, -0.05) is 20.8 Å². The Labute approximate surface area is 87.2 Å². The van der Waals surface area contributed by atoms with E-state index in [0.29, 0.717) is 18.6 Å². The Morgan fingerprint density at radius 2 is 2.00 bits per heavy atom. The summed E-state index contributed by atoms with van der Waals surface area (Å²) in [5.74, 6) is 0.299. The van der Waals surface area contributed by atoms with Crippen LogP contribution in [0.5, 0.6) is 0 Å². The first-order valence-electron chi connectivity index (χ1n) is 5.57. The molecule has 3 atom stereocenters. The van der Waals surface area contributed by atoms with Crippen LogP contribution >= 0.6 is 0 Å². The van der Waals surface area contributed by atoms with E-state index in [1.165, 1.54) is 0 Å². The van der Waals surface area contributed by atoms with Crippen LogP contribution in [0.15, 0.2) is 0 Å². The predicted octanol–water partition coefficient (Wildman–Crippen LogP) is 1.96. The zero-order valence-electron chi connectivity index (χ0n) is 9.96. The molecule has 0 aromatic heterocycles. The first-order chi connectivity index (χ1) is 6.65. The van der Waals surface area contributed by atoms with Gasteiger partial charge in [-0.25, -0.2) is 0 Å². The van der Waals surface area contributed by atoms with Gasteiger partial charge in [0.1, 0.15) is 6.04 Å². The molecule has 1 rings (SSSR count). The highest BCUT2D eigenvalue weighted by Crippen LogP contribution is 2.20. The molecule has 3 nitrogen and oxygen atoms in total. The van der Waals surface area contributed by atoms with Crippen LogP contribution in [0.4, 0.5) is 0 Å². The van der Waals surface area contributed by atoms with Gasteiger partial charge in [-0.3, -0.25) is 4.79 Å². The van der Waals surface area contributed by atoms with E-state index in [1.807, 2.05) is 20.8 Å². The Bertz CT molecular complexity index is 171. The van der Waals surface area contributed by atoms with Gasteiger partial charge in [0.15, 0.2) is 0 Å². The fourth-order valence-electron chi connectivity index (χ4n) is 1.76. The van der Waals surface area contributed by atoms with Gasteiger partial charge in [-0.2, -0.15) is 0 Å². The monoisotopic (exact) mass is 201 g/mol. The molecule has 84 valence electrons. The van der Waals surface area contributed by atoms with Crippen LogP contribution in [0, 0.1) is 5.92 Å². The number of esters is 1. The molecule has 1 fully saturated rings. The average Bonchev–Trinajstić information content (AvgIpc) is 2.49. The van der Waals surface area contributed by atoms with E-state index in [1.54, 1.807) is 0 Å². The van der Waals surface area contributed by atoms with Crippen molar-refractivity contribution in [2.24, 2.45) is 5.92 Å². The van der Waals surface area contributed by atoms with Gasteiger partial charge in [0.05, 0.1) is 6.61 Å². The second kappa shape index (κ2) is 6.82. The predicted molar refractivity (Wildman–Crippen MR) is 58.1 cm³/mol. The first-order valence-corrected chi connectivity index (χ1v) is 5.57. The van der Waals surface area contributed by atoms with Gasteiger partial charge in [0.2, 0.25) is 0 Å². The molecule has 3 heteroatoms. The molecule has 0 saturated carbocycles. The first kappa shape index (κ1) is 13.4. The maximum absolute atomic E-state index is 11.3. The molecule has 1 N–H and O–H groups in total. The van der Waals surface area contributed by atoms with E-state index in [4.69, 9.17) is 4.74 Å². The summed E-state index contributed by atoms with van der Waals surface area (Å²) in [6.45, 7) is 10.5. The topological polar surface area (TPSA) is 38.3 Å². The van der Waals surface area contributed by atoms with Crippen molar-refractivity contribution in [2.75, 3.05) is 6.61 Å². The maximum Gasteiger partial charge on any atom is 0.323 e. The van der Waals surface area contributed by atoms with Crippen LogP contribution in [0.2, 0.25) is 0 Å². The van der Waals surface area contributed by atoms with Crippen molar-refractivity contribution in [3.8, 4) is 0 Å². The van der Waals surface area contributed by atoms with Gasteiger partial charge in [0, 0.05) is 6.04 Å². The Hall–Kier alpha value is -0.570. The quantitative estimate of drug-likeness (QED) is 0.694. The minimum Gasteiger partial charge on any atom is -0.465 e. The molecular weight excluding hydrogens is 178 g/mol. The van der Waals surface area contributed by atoms with E-state index in [9.17, 15) is 4.79 Å². The van der Waals surface area contributed by atoms with Crippen LogP contribution in [-0.4, -0.2) is 24.7 Å². The number of ether oxygens (including phenoxy) is 1. The van der Waals surface area contributed by atoms with Gasteiger partial charge in [0.25, 0.3) is 0 Å². The number of rotatable bonds is 2. The van der Waals surface area contributed by atoms with Crippen molar-refractivity contribution in [2.45, 2.75) is 53.1 Å². The molecule has 0 radical (unpaired) electrons. The van der Waals surface area contributed by atoms with Crippen molar-refractivity contribution in [1.82, 2.24) is 5.32 Å². The van der Waals surface area contributed by atoms with Crippen molar-refractivity contribution in [1.29, 1.82) is 0 Å². The molecule has 1 saturated heterocycles. The Kier molecular flexibility index (Phi) is 6.54. The van der Waals surface area contributed by atoms with Gasteiger partial charge >= 0.3 is 5.97 Å². The third-order valence-corrected chi connectivity index (χ3v) is 2.30. The summed E-state index contributed by atoms with van der Waals surface area (Å²) in [6.07, 6.45) is 1.06. The molecule has 0 amide bonds. The molecule has 0 aliphatic carbocycles. The number of nitrogens with one attached hydrogen (secondary N) is 1. The second-order valence-corrected chi connectivity index (χ2v) is 3.51. The minimum absolute atomic E-state index is 0.0834. The standard InChI is InChI=1S/C9H17NO2.C2H6/c1-4-12-9(11)8-6(2)5-7(3)10-8;1-2/h6-8,10H,4-5H2,1-3H3;1-2H3. The highest BCUT2D eigenvalue weighted by Gasteiger charge is 2.34. The molecular formula is C11H23NO2. The Morgan fingerprint density at radius 1 is 1.43 bits per heavy atom. The third-order valence-electron chi connectivity index (χ3n) is 2.30. The summed E-state index contributed by atoms with van der Waals surface area (Å²) in [5.41, 5.74) is 0. The summed E-state index contributed by atoms with van der Waals surface area (Å²) >= 11 is 0. The normalized spacial score (nSPS) is 30.5. The third kappa shape index (κ3) is 3.66. The molecule has 0 aromatic carbocycles. The van der Waals surface area contributed by atoms with Gasteiger partial charge in [-0.15, -0.1) is 0 Å². The smallest absolute Gasteiger partial charge is 0.323 e. The second-order valence-electron chi connectivity index (χ2n) is 3.51. The number of hydrogen-bond acceptors (Lipinski definition) is 3. The van der Waals surface area contributed by atoms with E-state index < -0.39 is 0 Å². The summed E-state index contributed by atoms with van der Waals surface area (Å²) in [6, 6.07) is 0.356. The van der Waals surface area contributed by atoms with Crippen LogP contribution in [0.25, 0.3) is 0 Å². The molecule has 3 unspecified atom stereocenters. The molecule has 0 bridgehead atoms. The summed E-state index contributed by atoms with van der Waals surface area (Å²) in [4.78, 5) is 11.3. The highest BCUT2D eigenvalue weighted by molar-refractivity contribution is 5.76. The van der Waals surface area contributed by atoms with Crippen LogP contribution in [0.1, 0.15) is 41.0 Å². The lowest BCUT2D eigenvalue weighted by Gasteiger charge is -2.13. The maximum atomic E-state index is 11.3. The van der Waals surface area contributed by atoms with E-state index in [2.05, 4.69) is 19.2 Å². The molecule has 1 heterocycles. The van der Waals surface area contributed by atoms with Crippen molar-refractivity contribution in [3.05, 3.63) is 0 Å². The van der Waals surface area contributed by atoms with Gasteiger partial charge < -0.3 is 10.1 Å². The summed E-state index contributed by atoms with van der Waals surface area (Å²) in [7, 11) is 0. The lowest BCUT2D eigenvalue weighted by Crippen LogP contribution is -2.38. The van der Waals surface area contributed by atoms with Crippen molar-refractivity contribution < 1.29 is 9.53 Å². The van der Waals surface area contributed by atoms with Crippen LogP contribution in [-0.2, 0) is 9.53 Å². The SMILES string of the molecule is CC.CCOC(=O)C1NC(C)CC1C. The van der Waals surface area contributed by atoms with Crippen LogP contribution < -0.4 is 5.32 Å². The van der Waals surface area contributed by atoms with Gasteiger partial charge in [-0.05, 0) is 26.2 Å².